The van der Waals surface area contributed by atoms with Crippen LogP contribution in [-0.4, -0.2) is 42.0 Å². The van der Waals surface area contributed by atoms with Crippen LogP contribution in [0.4, 0.5) is 5.82 Å². The molecular formula is C28H26N6O3. The number of benzene rings is 2. The Morgan fingerprint density at radius 3 is 2.19 bits per heavy atom. The van der Waals surface area contributed by atoms with Gasteiger partial charge in [0.15, 0.2) is 5.82 Å². The molecular weight excluding hydrogens is 468 g/mol. The average molecular weight is 495 g/mol. The fraction of sp³-hybridized carbons (Fsp3) is 0.214. The van der Waals surface area contributed by atoms with Crippen molar-refractivity contribution in [3.05, 3.63) is 107 Å². The van der Waals surface area contributed by atoms with Gasteiger partial charge in [-0.15, -0.1) is 5.10 Å². The number of ketones is 1. The fourth-order valence-corrected chi connectivity index (χ4v) is 4.38. The molecule has 3 heterocycles. The monoisotopic (exact) mass is 494 g/mol. The molecule has 0 saturated carbocycles. The van der Waals surface area contributed by atoms with E-state index < -0.39 is 17.7 Å². The molecule has 1 amide bonds. The first kappa shape index (κ1) is 24.1. The number of carbonyl (C=O) groups is 2. The van der Waals surface area contributed by atoms with Crippen LogP contribution in [0.15, 0.2) is 78.6 Å². The number of carbonyl (C=O) groups excluding carboxylic acids is 2. The molecule has 1 N–H and O–H groups in total. The molecule has 9 nitrogen and oxygen atoms in total. The van der Waals surface area contributed by atoms with Gasteiger partial charge >= 0.3 is 5.91 Å². The normalized spacial score (nSPS) is 17.1. The van der Waals surface area contributed by atoms with Crippen molar-refractivity contribution in [1.82, 2.24) is 25.2 Å². The number of aromatic nitrogens is 5. The molecule has 0 radical (unpaired) electrons. The summed E-state index contributed by atoms with van der Waals surface area (Å²) in [5.41, 5.74) is 3.84. The van der Waals surface area contributed by atoms with Crippen LogP contribution in [0.2, 0.25) is 0 Å². The Morgan fingerprint density at radius 1 is 0.919 bits per heavy atom. The molecule has 0 aliphatic carbocycles. The molecule has 2 aromatic carbocycles. The number of aliphatic hydroxyl groups excluding tert-OH is 1. The Bertz CT molecular complexity index is 1460. The Labute approximate surface area is 214 Å². The summed E-state index contributed by atoms with van der Waals surface area (Å²) in [6.07, 6.45) is 3.22. The molecule has 1 saturated heterocycles. The number of amides is 1. The standard InChI is InChI=1S/C28H26N6O3/c1-17(2)20-9-11-22(12-10-20)26(35)24-25(21-7-5-19(6-8-21)16-33-29-14-15-30-33)34(28(37)27(24)36)23-13-4-18(3)31-32-23/h4-15,17,25,35H,16H2,1-3H3. The van der Waals surface area contributed by atoms with Crippen molar-refractivity contribution in [2.45, 2.75) is 39.3 Å². The van der Waals surface area contributed by atoms with E-state index in [4.69, 9.17) is 0 Å². The number of hydrogen-bond donors (Lipinski definition) is 1. The number of nitrogens with zero attached hydrogens (tertiary/aromatic N) is 6. The molecule has 9 heteroatoms. The predicted molar refractivity (Wildman–Crippen MR) is 138 cm³/mol. The lowest BCUT2D eigenvalue weighted by Gasteiger charge is -2.24. The van der Waals surface area contributed by atoms with Gasteiger partial charge in [0, 0.05) is 5.56 Å². The first-order chi connectivity index (χ1) is 17.8. The minimum atomic E-state index is -0.876. The summed E-state index contributed by atoms with van der Waals surface area (Å²) in [7, 11) is 0. The zero-order valence-corrected chi connectivity index (χ0v) is 20.7. The third-order valence-corrected chi connectivity index (χ3v) is 6.41. The maximum absolute atomic E-state index is 13.3. The lowest BCUT2D eigenvalue weighted by atomic mass is 9.93. The smallest absolute Gasteiger partial charge is 0.301 e. The number of hydrogen-bond acceptors (Lipinski definition) is 7. The molecule has 2 aromatic heterocycles. The van der Waals surface area contributed by atoms with Crippen molar-refractivity contribution in [3.8, 4) is 0 Å². The minimum absolute atomic E-state index is 0.00571. The summed E-state index contributed by atoms with van der Waals surface area (Å²) in [4.78, 5) is 29.5. The molecule has 1 aliphatic rings. The molecule has 37 heavy (non-hydrogen) atoms. The lowest BCUT2D eigenvalue weighted by Crippen LogP contribution is -2.30. The molecule has 1 aliphatic heterocycles. The van der Waals surface area contributed by atoms with Gasteiger partial charge in [-0.1, -0.05) is 62.4 Å². The van der Waals surface area contributed by atoms with Crippen molar-refractivity contribution in [2.24, 2.45) is 0 Å². The summed E-state index contributed by atoms with van der Waals surface area (Å²) < 4.78 is 0. The van der Waals surface area contributed by atoms with Crippen LogP contribution in [0, 0.1) is 6.92 Å². The van der Waals surface area contributed by atoms with Gasteiger partial charge < -0.3 is 5.11 Å². The molecule has 5 rings (SSSR count). The number of rotatable bonds is 6. The van der Waals surface area contributed by atoms with Gasteiger partial charge in [0.05, 0.1) is 36.2 Å². The molecule has 1 fully saturated rings. The highest BCUT2D eigenvalue weighted by Crippen LogP contribution is 2.41. The van der Waals surface area contributed by atoms with Gasteiger partial charge in [0.2, 0.25) is 0 Å². The molecule has 4 aromatic rings. The Morgan fingerprint density at radius 2 is 1.59 bits per heavy atom. The van der Waals surface area contributed by atoms with Gasteiger partial charge in [0.1, 0.15) is 5.76 Å². The van der Waals surface area contributed by atoms with Gasteiger partial charge in [-0.25, -0.2) is 0 Å². The van der Waals surface area contributed by atoms with Crippen molar-refractivity contribution in [1.29, 1.82) is 0 Å². The minimum Gasteiger partial charge on any atom is -0.507 e. The number of aliphatic hydroxyl groups is 1. The van der Waals surface area contributed by atoms with Crippen molar-refractivity contribution in [3.63, 3.8) is 0 Å². The Hall–Kier alpha value is -4.66. The van der Waals surface area contributed by atoms with Crippen LogP contribution in [0.25, 0.3) is 5.76 Å². The largest absolute Gasteiger partial charge is 0.507 e. The Kier molecular flexibility index (Phi) is 6.35. The second-order valence-corrected chi connectivity index (χ2v) is 9.28. The zero-order valence-electron chi connectivity index (χ0n) is 20.7. The molecule has 0 bridgehead atoms. The fourth-order valence-electron chi connectivity index (χ4n) is 4.38. The van der Waals surface area contributed by atoms with Crippen LogP contribution in [0.1, 0.15) is 53.8 Å². The van der Waals surface area contributed by atoms with E-state index in [-0.39, 0.29) is 17.2 Å². The van der Waals surface area contributed by atoms with Gasteiger partial charge in [-0.05, 0) is 41.7 Å². The molecule has 186 valence electrons. The Balaban J connectivity index is 1.61. The quantitative estimate of drug-likeness (QED) is 0.243. The van der Waals surface area contributed by atoms with E-state index in [0.717, 1.165) is 11.1 Å². The van der Waals surface area contributed by atoms with Crippen molar-refractivity contribution < 1.29 is 14.7 Å². The number of Topliss-reactive ketones (excluding diaryl/α,β-unsaturated/α-hetero) is 1. The summed E-state index contributed by atoms with van der Waals surface area (Å²) in [6.45, 7) is 6.42. The second kappa shape index (κ2) is 9.77. The van der Waals surface area contributed by atoms with Crippen LogP contribution in [0.5, 0.6) is 0 Å². The van der Waals surface area contributed by atoms with Crippen molar-refractivity contribution >= 4 is 23.3 Å². The summed E-state index contributed by atoms with van der Waals surface area (Å²) in [5.74, 6) is -1.23. The maximum atomic E-state index is 13.3. The van der Waals surface area contributed by atoms with E-state index in [1.807, 2.05) is 36.4 Å². The highest BCUT2D eigenvalue weighted by Gasteiger charge is 2.47. The molecule has 0 spiro atoms. The highest BCUT2D eigenvalue weighted by atomic mass is 16.3. The number of aryl methyl sites for hydroxylation is 1. The van der Waals surface area contributed by atoms with E-state index in [1.165, 1.54) is 4.90 Å². The topological polar surface area (TPSA) is 114 Å². The van der Waals surface area contributed by atoms with Crippen LogP contribution < -0.4 is 4.90 Å². The third-order valence-electron chi connectivity index (χ3n) is 6.41. The number of anilines is 1. The van der Waals surface area contributed by atoms with Crippen molar-refractivity contribution in [2.75, 3.05) is 4.90 Å². The first-order valence-electron chi connectivity index (χ1n) is 12.0. The molecule has 1 unspecified atom stereocenters. The van der Waals surface area contributed by atoms with Crippen LogP contribution >= 0.6 is 0 Å². The van der Waals surface area contributed by atoms with E-state index in [9.17, 15) is 14.7 Å². The first-order valence-corrected chi connectivity index (χ1v) is 12.0. The summed E-state index contributed by atoms with van der Waals surface area (Å²) in [6, 6.07) is 17.3. The predicted octanol–water partition coefficient (Wildman–Crippen LogP) is 4.17. The van der Waals surface area contributed by atoms with E-state index in [1.54, 1.807) is 48.4 Å². The highest BCUT2D eigenvalue weighted by molar-refractivity contribution is 6.51. The maximum Gasteiger partial charge on any atom is 0.301 e. The second-order valence-electron chi connectivity index (χ2n) is 9.28. The third kappa shape index (κ3) is 4.63. The van der Waals surface area contributed by atoms with Crippen LogP contribution in [0.3, 0.4) is 0 Å². The molecule has 1 atom stereocenters. The zero-order chi connectivity index (χ0) is 26.1. The van der Waals surface area contributed by atoms with Crippen LogP contribution in [-0.2, 0) is 16.1 Å². The van der Waals surface area contributed by atoms with Gasteiger partial charge in [-0.3, -0.25) is 14.5 Å². The van der Waals surface area contributed by atoms with E-state index in [0.29, 0.717) is 29.3 Å². The lowest BCUT2D eigenvalue weighted by molar-refractivity contribution is -0.132. The summed E-state index contributed by atoms with van der Waals surface area (Å²) >= 11 is 0. The van der Waals surface area contributed by atoms with E-state index in [2.05, 4.69) is 34.2 Å². The summed E-state index contributed by atoms with van der Waals surface area (Å²) in [5, 5.41) is 27.8. The van der Waals surface area contributed by atoms with Gasteiger partial charge in [0.25, 0.3) is 5.78 Å². The SMILES string of the molecule is Cc1ccc(N2C(=O)C(=O)C(=C(O)c3ccc(C(C)C)cc3)C2c2ccc(Cn3nccn3)cc2)nn1. The van der Waals surface area contributed by atoms with Gasteiger partial charge in [-0.2, -0.15) is 20.1 Å². The van der Waals surface area contributed by atoms with E-state index >= 15 is 0 Å². The average Bonchev–Trinajstić information content (AvgIpc) is 3.51.